The van der Waals surface area contributed by atoms with E-state index in [9.17, 15) is 4.39 Å². The Bertz CT molecular complexity index is 286. The SMILES string of the molecule is CCOC(C)C(N)Cc1ccc(F)cc1. The van der Waals surface area contributed by atoms with Crippen LogP contribution in [-0.4, -0.2) is 18.8 Å². The zero-order valence-corrected chi connectivity index (χ0v) is 9.24. The second-order valence-electron chi connectivity index (χ2n) is 3.65. The van der Waals surface area contributed by atoms with Gasteiger partial charge in [-0.05, 0) is 38.0 Å². The standard InChI is InChI=1S/C12H18FNO/c1-3-15-9(2)12(14)8-10-4-6-11(13)7-5-10/h4-7,9,12H,3,8,14H2,1-2H3. The normalized spacial score (nSPS) is 14.9. The van der Waals surface area contributed by atoms with Crippen LogP contribution in [0, 0.1) is 5.82 Å². The maximum absolute atomic E-state index is 12.6. The maximum Gasteiger partial charge on any atom is 0.123 e. The van der Waals surface area contributed by atoms with Gasteiger partial charge in [-0.3, -0.25) is 0 Å². The molecule has 3 heteroatoms. The molecule has 0 radical (unpaired) electrons. The van der Waals surface area contributed by atoms with Gasteiger partial charge in [-0.2, -0.15) is 0 Å². The fraction of sp³-hybridized carbons (Fsp3) is 0.500. The summed E-state index contributed by atoms with van der Waals surface area (Å²) in [5.74, 6) is -0.217. The Morgan fingerprint density at radius 2 is 1.93 bits per heavy atom. The largest absolute Gasteiger partial charge is 0.377 e. The fourth-order valence-corrected chi connectivity index (χ4v) is 1.45. The molecule has 0 bridgehead atoms. The number of hydrogen-bond acceptors (Lipinski definition) is 2. The highest BCUT2D eigenvalue weighted by molar-refractivity contribution is 5.17. The molecule has 2 N–H and O–H groups in total. The van der Waals surface area contributed by atoms with Crippen molar-refractivity contribution < 1.29 is 9.13 Å². The molecule has 0 aliphatic rings. The van der Waals surface area contributed by atoms with E-state index in [1.165, 1.54) is 12.1 Å². The predicted octanol–water partition coefficient (Wildman–Crippen LogP) is 2.12. The van der Waals surface area contributed by atoms with Gasteiger partial charge in [0.1, 0.15) is 5.82 Å². The average Bonchev–Trinajstić information content (AvgIpc) is 2.22. The number of rotatable bonds is 5. The molecule has 0 aliphatic heterocycles. The summed E-state index contributed by atoms with van der Waals surface area (Å²) in [7, 11) is 0. The molecule has 84 valence electrons. The quantitative estimate of drug-likeness (QED) is 0.809. The van der Waals surface area contributed by atoms with Gasteiger partial charge in [-0.15, -0.1) is 0 Å². The molecule has 2 atom stereocenters. The lowest BCUT2D eigenvalue weighted by molar-refractivity contribution is 0.0577. The first-order valence-corrected chi connectivity index (χ1v) is 5.25. The van der Waals surface area contributed by atoms with Crippen LogP contribution in [0.2, 0.25) is 0 Å². The molecule has 1 aromatic rings. The van der Waals surface area contributed by atoms with E-state index >= 15 is 0 Å². The number of ether oxygens (including phenoxy) is 1. The Morgan fingerprint density at radius 1 is 1.33 bits per heavy atom. The van der Waals surface area contributed by atoms with E-state index in [-0.39, 0.29) is 18.0 Å². The topological polar surface area (TPSA) is 35.2 Å². The highest BCUT2D eigenvalue weighted by Gasteiger charge is 2.12. The molecule has 0 amide bonds. The van der Waals surface area contributed by atoms with Crippen molar-refractivity contribution in [1.29, 1.82) is 0 Å². The summed E-state index contributed by atoms with van der Waals surface area (Å²) < 4.78 is 18.0. The van der Waals surface area contributed by atoms with E-state index in [2.05, 4.69) is 0 Å². The highest BCUT2D eigenvalue weighted by atomic mass is 19.1. The number of halogens is 1. The van der Waals surface area contributed by atoms with Gasteiger partial charge in [0.05, 0.1) is 6.10 Å². The molecule has 0 aliphatic carbocycles. The summed E-state index contributed by atoms with van der Waals surface area (Å²) in [6.07, 6.45) is 0.738. The number of benzene rings is 1. The minimum Gasteiger partial charge on any atom is -0.377 e. The van der Waals surface area contributed by atoms with E-state index in [1.807, 2.05) is 13.8 Å². The lowest BCUT2D eigenvalue weighted by Crippen LogP contribution is -2.36. The summed E-state index contributed by atoms with van der Waals surface area (Å²) in [4.78, 5) is 0. The van der Waals surface area contributed by atoms with Crippen LogP contribution >= 0.6 is 0 Å². The summed E-state index contributed by atoms with van der Waals surface area (Å²) in [5.41, 5.74) is 6.99. The first kappa shape index (κ1) is 12.1. The minimum absolute atomic E-state index is 0.0278. The summed E-state index contributed by atoms with van der Waals surface area (Å²) >= 11 is 0. The Labute approximate surface area is 90.2 Å². The van der Waals surface area contributed by atoms with Gasteiger partial charge < -0.3 is 10.5 Å². The van der Waals surface area contributed by atoms with Crippen LogP contribution < -0.4 is 5.73 Å². The fourth-order valence-electron chi connectivity index (χ4n) is 1.45. The Balaban J connectivity index is 2.50. The Kier molecular flexibility index (Phi) is 4.72. The molecule has 0 saturated heterocycles. The van der Waals surface area contributed by atoms with Crippen LogP contribution in [-0.2, 0) is 11.2 Å². The first-order valence-electron chi connectivity index (χ1n) is 5.25. The van der Waals surface area contributed by atoms with Crippen LogP contribution in [0.25, 0.3) is 0 Å². The second-order valence-corrected chi connectivity index (χ2v) is 3.65. The monoisotopic (exact) mass is 211 g/mol. The van der Waals surface area contributed by atoms with Gasteiger partial charge in [-0.1, -0.05) is 12.1 Å². The average molecular weight is 211 g/mol. The smallest absolute Gasteiger partial charge is 0.123 e. The van der Waals surface area contributed by atoms with E-state index in [0.717, 1.165) is 5.56 Å². The zero-order valence-electron chi connectivity index (χ0n) is 9.24. The maximum atomic E-state index is 12.6. The van der Waals surface area contributed by atoms with Crippen LogP contribution in [0.1, 0.15) is 19.4 Å². The Morgan fingerprint density at radius 3 is 2.47 bits per heavy atom. The van der Waals surface area contributed by atoms with Gasteiger partial charge in [0.15, 0.2) is 0 Å². The minimum atomic E-state index is -0.217. The molecule has 1 rings (SSSR count). The van der Waals surface area contributed by atoms with Gasteiger partial charge >= 0.3 is 0 Å². The molecule has 15 heavy (non-hydrogen) atoms. The molecule has 0 aromatic heterocycles. The van der Waals surface area contributed by atoms with Crippen molar-refractivity contribution in [2.75, 3.05) is 6.61 Å². The summed E-state index contributed by atoms with van der Waals surface area (Å²) in [6, 6.07) is 6.37. The second kappa shape index (κ2) is 5.83. The molecule has 0 fully saturated rings. The van der Waals surface area contributed by atoms with Crippen LogP contribution in [0.4, 0.5) is 4.39 Å². The lowest BCUT2D eigenvalue weighted by Gasteiger charge is -2.19. The van der Waals surface area contributed by atoms with Crippen molar-refractivity contribution in [3.05, 3.63) is 35.6 Å². The van der Waals surface area contributed by atoms with Crippen LogP contribution in [0.5, 0.6) is 0 Å². The third kappa shape index (κ3) is 3.98. The van der Waals surface area contributed by atoms with Gasteiger partial charge in [0.2, 0.25) is 0 Å². The summed E-state index contributed by atoms with van der Waals surface area (Å²) in [6.45, 7) is 4.57. The molecule has 0 heterocycles. The van der Waals surface area contributed by atoms with Crippen molar-refractivity contribution in [1.82, 2.24) is 0 Å². The first-order chi connectivity index (χ1) is 7.13. The third-order valence-corrected chi connectivity index (χ3v) is 2.42. The van der Waals surface area contributed by atoms with E-state index in [1.54, 1.807) is 12.1 Å². The van der Waals surface area contributed by atoms with Crippen LogP contribution in [0.3, 0.4) is 0 Å². The van der Waals surface area contributed by atoms with Crippen molar-refractivity contribution >= 4 is 0 Å². The van der Waals surface area contributed by atoms with Gasteiger partial charge in [0, 0.05) is 12.6 Å². The van der Waals surface area contributed by atoms with Crippen molar-refractivity contribution in [2.45, 2.75) is 32.4 Å². The van der Waals surface area contributed by atoms with Crippen molar-refractivity contribution in [2.24, 2.45) is 5.73 Å². The molecule has 0 spiro atoms. The molecular weight excluding hydrogens is 193 g/mol. The molecule has 1 aromatic carbocycles. The Hall–Kier alpha value is -0.930. The predicted molar refractivity (Wildman–Crippen MR) is 59.2 cm³/mol. The number of nitrogens with two attached hydrogens (primary N) is 1. The molecule has 0 saturated carbocycles. The van der Waals surface area contributed by atoms with Gasteiger partial charge in [-0.25, -0.2) is 4.39 Å². The van der Waals surface area contributed by atoms with E-state index in [0.29, 0.717) is 13.0 Å². The molecular formula is C12H18FNO. The van der Waals surface area contributed by atoms with E-state index < -0.39 is 0 Å². The van der Waals surface area contributed by atoms with Crippen molar-refractivity contribution in [3.8, 4) is 0 Å². The lowest BCUT2D eigenvalue weighted by atomic mass is 10.0. The van der Waals surface area contributed by atoms with Crippen LogP contribution in [0.15, 0.2) is 24.3 Å². The van der Waals surface area contributed by atoms with Gasteiger partial charge in [0.25, 0.3) is 0 Å². The summed E-state index contributed by atoms with van der Waals surface area (Å²) in [5, 5.41) is 0. The zero-order chi connectivity index (χ0) is 11.3. The number of hydrogen-bond donors (Lipinski definition) is 1. The van der Waals surface area contributed by atoms with E-state index in [4.69, 9.17) is 10.5 Å². The highest BCUT2D eigenvalue weighted by Crippen LogP contribution is 2.08. The molecule has 2 unspecified atom stereocenters. The third-order valence-electron chi connectivity index (χ3n) is 2.42. The van der Waals surface area contributed by atoms with Crippen molar-refractivity contribution in [3.63, 3.8) is 0 Å². The molecule has 2 nitrogen and oxygen atoms in total.